The summed E-state index contributed by atoms with van der Waals surface area (Å²) in [6.07, 6.45) is 2.00. The van der Waals surface area contributed by atoms with E-state index in [2.05, 4.69) is 26.6 Å². The Balaban J connectivity index is 2.28. The number of rotatable bonds is 7. The summed E-state index contributed by atoms with van der Waals surface area (Å²) in [5, 5.41) is 5.56. The molecule has 0 spiro atoms. The van der Waals surface area contributed by atoms with Gasteiger partial charge in [0.2, 0.25) is 11.8 Å². The molecule has 0 aliphatic rings. The third kappa shape index (κ3) is 6.19. The highest BCUT2D eigenvalue weighted by atomic mass is 79.9. The van der Waals surface area contributed by atoms with Crippen LogP contribution in [0.1, 0.15) is 31.7 Å². The summed E-state index contributed by atoms with van der Waals surface area (Å²) in [6, 6.07) is 7.62. The smallest absolute Gasteiger partial charge is 0.233 e. The number of benzene rings is 1. The predicted octanol–water partition coefficient (Wildman–Crippen LogP) is 3.00. The molecule has 20 heavy (non-hydrogen) atoms. The van der Waals surface area contributed by atoms with Crippen LogP contribution in [0.3, 0.4) is 0 Å². The molecule has 0 radical (unpaired) electrons. The molecule has 1 aromatic carbocycles. The van der Waals surface area contributed by atoms with Gasteiger partial charge in [-0.25, -0.2) is 0 Å². The van der Waals surface area contributed by atoms with Crippen molar-refractivity contribution in [2.24, 2.45) is 0 Å². The molecule has 0 unspecified atom stereocenters. The molecule has 2 N–H and O–H groups in total. The van der Waals surface area contributed by atoms with Crippen molar-refractivity contribution in [2.75, 3.05) is 11.9 Å². The van der Waals surface area contributed by atoms with Crippen LogP contribution in [0.25, 0.3) is 0 Å². The summed E-state index contributed by atoms with van der Waals surface area (Å²) in [5.74, 6) is -0.160. The lowest BCUT2D eigenvalue weighted by molar-refractivity contribution is -0.120. The quantitative estimate of drug-likeness (QED) is 0.749. The second-order valence-corrected chi connectivity index (χ2v) is 5.82. The summed E-state index contributed by atoms with van der Waals surface area (Å²) < 4.78 is 0. The predicted molar refractivity (Wildman–Crippen MR) is 85.1 cm³/mol. The molecular formula is C15H21BrN2O2. The van der Waals surface area contributed by atoms with Gasteiger partial charge in [0.15, 0.2) is 0 Å². The first kappa shape index (κ1) is 16.7. The highest BCUT2D eigenvalue weighted by Gasteiger charge is 2.13. The van der Waals surface area contributed by atoms with Crippen molar-refractivity contribution >= 4 is 33.4 Å². The van der Waals surface area contributed by atoms with Crippen LogP contribution in [0, 0.1) is 6.92 Å². The van der Waals surface area contributed by atoms with Gasteiger partial charge in [0.05, 0.1) is 4.83 Å². The Morgan fingerprint density at radius 2 is 2.10 bits per heavy atom. The second-order valence-electron chi connectivity index (χ2n) is 4.71. The number of anilines is 1. The van der Waals surface area contributed by atoms with E-state index in [1.54, 1.807) is 0 Å². The zero-order valence-corrected chi connectivity index (χ0v) is 13.5. The zero-order valence-electron chi connectivity index (χ0n) is 11.9. The zero-order chi connectivity index (χ0) is 15.0. The molecule has 1 atom stereocenters. The number of aryl methyl sites for hydroxylation is 1. The van der Waals surface area contributed by atoms with Gasteiger partial charge in [0.25, 0.3) is 0 Å². The number of hydrogen-bond acceptors (Lipinski definition) is 2. The normalized spacial score (nSPS) is 11.8. The van der Waals surface area contributed by atoms with E-state index in [0.29, 0.717) is 6.54 Å². The average Bonchev–Trinajstić information content (AvgIpc) is 2.38. The van der Waals surface area contributed by atoms with Crippen LogP contribution in [-0.2, 0) is 9.59 Å². The minimum Gasteiger partial charge on any atom is -0.355 e. The summed E-state index contributed by atoms with van der Waals surface area (Å²) >= 11 is 3.32. The molecule has 1 rings (SSSR count). The molecule has 0 saturated heterocycles. The van der Waals surface area contributed by atoms with Crippen molar-refractivity contribution < 1.29 is 9.59 Å². The molecule has 4 nitrogen and oxygen atoms in total. The molecule has 0 heterocycles. The maximum atomic E-state index is 11.7. The van der Waals surface area contributed by atoms with Crippen LogP contribution in [0.5, 0.6) is 0 Å². The first-order valence-corrected chi connectivity index (χ1v) is 7.72. The third-order valence-corrected chi connectivity index (χ3v) is 3.65. The van der Waals surface area contributed by atoms with Crippen molar-refractivity contribution in [1.29, 1.82) is 0 Å². The van der Waals surface area contributed by atoms with Crippen LogP contribution in [-0.4, -0.2) is 23.2 Å². The molecule has 0 aromatic heterocycles. The average molecular weight is 341 g/mol. The van der Waals surface area contributed by atoms with Crippen LogP contribution < -0.4 is 10.6 Å². The molecule has 0 fully saturated rings. The Labute approximate surface area is 128 Å². The van der Waals surface area contributed by atoms with E-state index in [4.69, 9.17) is 0 Å². The Bertz CT molecular complexity index is 463. The van der Waals surface area contributed by atoms with Crippen molar-refractivity contribution in [3.63, 3.8) is 0 Å². The number of carbonyl (C=O) groups is 2. The van der Waals surface area contributed by atoms with Crippen molar-refractivity contribution in [2.45, 2.75) is 37.9 Å². The van der Waals surface area contributed by atoms with Gasteiger partial charge in [-0.3, -0.25) is 9.59 Å². The maximum Gasteiger partial charge on any atom is 0.233 e. The highest BCUT2D eigenvalue weighted by molar-refractivity contribution is 9.10. The van der Waals surface area contributed by atoms with E-state index in [1.165, 1.54) is 0 Å². The van der Waals surface area contributed by atoms with Gasteiger partial charge in [0.1, 0.15) is 0 Å². The first-order valence-electron chi connectivity index (χ1n) is 6.81. The lowest BCUT2D eigenvalue weighted by Gasteiger charge is -2.10. The minimum absolute atomic E-state index is 0.0600. The fourth-order valence-corrected chi connectivity index (χ4v) is 2.36. The van der Waals surface area contributed by atoms with E-state index in [-0.39, 0.29) is 23.1 Å². The maximum absolute atomic E-state index is 11.7. The SMILES string of the molecule is CCC[C@@H](Br)C(=O)NCCC(=O)Nc1cccc(C)c1. The van der Waals surface area contributed by atoms with Gasteiger partial charge in [-0.1, -0.05) is 41.4 Å². The van der Waals surface area contributed by atoms with Crippen molar-refractivity contribution in [3.8, 4) is 0 Å². The number of nitrogens with one attached hydrogen (secondary N) is 2. The van der Waals surface area contributed by atoms with E-state index >= 15 is 0 Å². The number of halogens is 1. The van der Waals surface area contributed by atoms with Crippen molar-refractivity contribution in [3.05, 3.63) is 29.8 Å². The molecule has 0 aliphatic heterocycles. The molecule has 0 aliphatic carbocycles. The van der Waals surface area contributed by atoms with Gasteiger partial charge in [-0.15, -0.1) is 0 Å². The van der Waals surface area contributed by atoms with Crippen molar-refractivity contribution in [1.82, 2.24) is 5.32 Å². The largest absolute Gasteiger partial charge is 0.355 e. The fraction of sp³-hybridized carbons (Fsp3) is 0.467. The molecule has 2 amide bonds. The third-order valence-electron chi connectivity index (χ3n) is 2.78. The lowest BCUT2D eigenvalue weighted by Crippen LogP contribution is -2.33. The minimum atomic E-state index is -0.174. The summed E-state index contributed by atoms with van der Waals surface area (Å²) in [5.41, 5.74) is 1.88. The molecule has 1 aromatic rings. The number of amides is 2. The standard InChI is InChI=1S/C15H21BrN2O2/c1-3-5-13(16)15(20)17-9-8-14(19)18-12-7-4-6-11(2)10-12/h4,6-7,10,13H,3,5,8-9H2,1-2H3,(H,17,20)(H,18,19)/t13-/m1/s1. The van der Waals surface area contributed by atoms with E-state index < -0.39 is 0 Å². The fourth-order valence-electron chi connectivity index (χ4n) is 1.74. The van der Waals surface area contributed by atoms with Crippen LogP contribution in [0.4, 0.5) is 5.69 Å². The Morgan fingerprint density at radius 1 is 1.35 bits per heavy atom. The van der Waals surface area contributed by atoms with Crippen LogP contribution in [0.2, 0.25) is 0 Å². The first-order chi connectivity index (χ1) is 9.52. The molecule has 5 heteroatoms. The molecule has 0 saturated carbocycles. The molecule has 0 bridgehead atoms. The van der Waals surface area contributed by atoms with E-state index in [0.717, 1.165) is 24.1 Å². The van der Waals surface area contributed by atoms with Gasteiger partial charge < -0.3 is 10.6 Å². The van der Waals surface area contributed by atoms with E-state index in [9.17, 15) is 9.59 Å². The number of hydrogen-bond donors (Lipinski definition) is 2. The summed E-state index contributed by atoms with van der Waals surface area (Å²) in [4.78, 5) is 23.2. The Morgan fingerprint density at radius 3 is 2.75 bits per heavy atom. The molecular weight excluding hydrogens is 320 g/mol. The van der Waals surface area contributed by atoms with Gasteiger partial charge >= 0.3 is 0 Å². The van der Waals surface area contributed by atoms with Crippen LogP contribution in [0.15, 0.2) is 24.3 Å². The molecule has 110 valence electrons. The number of carbonyl (C=O) groups excluding carboxylic acids is 2. The number of alkyl halides is 1. The monoisotopic (exact) mass is 340 g/mol. The summed E-state index contributed by atoms with van der Waals surface area (Å²) in [6.45, 7) is 4.35. The van der Waals surface area contributed by atoms with Gasteiger partial charge in [0, 0.05) is 18.7 Å². The Kier molecular flexibility index (Phi) is 7.30. The highest BCUT2D eigenvalue weighted by Crippen LogP contribution is 2.10. The Hall–Kier alpha value is -1.36. The van der Waals surface area contributed by atoms with E-state index in [1.807, 2.05) is 38.1 Å². The summed E-state index contributed by atoms with van der Waals surface area (Å²) in [7, 11) is 0. The second kappa shape index (κ2) is 8.74. The van der Waals surface area contributed by atoms with Gasteiger partial charge in [-0.05, 0) is 31.0 Å². The topological polar surface area (TPSA) is 58.2 Å². The van der Waals surface area contributed by atoms with Crippen LogP contribution >= 0.6 is 15.9 Å². The van der Waals surface area contributed by atoms with Gasteiger partial charge in [-0.2, -0.15) is 0 Å². The lowest BCUT2D eigenvalue weighted by atomic mass is 10.2.